The maximum atomic E-state index is 13.0. The van der Waals surface area contributed by atoms with Crippen molar-refractivity contribution in [2.45, 2.75) is 97.4 Å². The molecular weight excluding hydrogens is 372 g/mol. The van der Waals surface area contributed by atoms with Crippen LogP contribution in [0.5, 0.6) is 0 Å². The summed E-state index contributed by atoms with van der Waals surface area (Å²) >= 11 is 0. The maximum absolute atomic E-state index is 13.0. The van der Waals surface area contributed by atoms with Crippen LogP contribution < -0.4 is 0 Å². The van der Waals surface area contributed by atoms with Crippen molar-refractivity contribution >= 4 is 5.78 Å². The third-order valence-corrected chi connectivity index (χ3v) is 10.7. The zero-order chi connectivity index (χ0) is 21.3. The Labute approximate surface area is 183 Å². The van der Waals surface area contributed by atoms with Gasteiger partial charge in [-0.3, -0.25) is 4.79 Å². The Morgan fingerprint density at radius 2 is 1.93 bits per heavy atom. The summed E-state index contributed by atoms with van der Waals surface area (Å²) in [6.45, 7) is 10.3. The lowest BCUT2D eigenvalue weighted by Crippen LogP contribution is -2.53. The number of hydrogen-bond acceptors (Lipinski definition) is 3. The summed E-state index contributed by atoms with van der Waals surface area (Å²) in [6, 6.07) is 0. The van der Waals surface area contributed by atoms with Crippen LogP contribution in [0.1, 0.15) is 85.5 Å². The molecule has 30 heavy (non-hydrogen) atoms. The van der Waals surface area contributed by atoms with Crippen molar-refractivity contribution in [3.63, 3.8) is 0 Å². The van der Waals surface area contributed by atoms with E-state index in [1.807, 2.05) is 0 Å². The van der Waals surface area contributed by atoms with E-state index in [0.717, 1.165) is 45.1 Å². The molecule has 0 amide bonds. The molecule has 0 aromatic rings. The Morgan fingerprint density at radius 3 is 2.63 bits per heavy atom. The minimum absolute atomic E-state index is 0.218. The van der Waals surface area contributed by atoms with E-state index in [9.17, 15) is 4.79 Å². The number of carbonyl (C=O) groups is 1. The van der Waals surface area contributed by atoms with Gasteiger partial charge >= 0.3 is 0 Å². The molecule has 0 aromatic heterocycles. The third-order valence-electron chi connectivity index (χ3n) is 10.7. The normalized spacial score (nSPS) is 55.0. The Balaban J connectivity index is 1.40. The molecule has 3 saturated carbocycles. The minimum Gasteiger partial charge on any atom is -0.349 e. The standard InChI is InChI=1S/C27H40O3/c1-6-7-12-25(4)20-11-13-26(5)21(19(20)8-9-23(25)28)15-22-24(26)18(3)27(30-22)14-10-17(2)16-29-27/h1,17-22,24H,7-16H2,2-5H3/t17?,18-,19?,20?,21?,22-,24?,25+,26-,27+/m0/s1. The van der Waals surface area contributed by atoms with Crippen LogP contribution >= 0.6 is 0 Å². The summed E-state index contributed by atoms with van der Waals surface area (Å²) < 4.78 is 13.3. The summed E-state index contributed by atoms with van der Waals surface area (Å²) in [6.07, 6.45) is 15.1. The molecule has 1 spiro atoms. The topological polar surface area (TPSA) is 35.5 Å². The van der Waals surface area contributed by atoms with E-state index in [0.29, 0.717) is 52.8 Å². The zero-order valence-electron chi connectivity index (χ0n) is 19.4. The van der Waals surface area contributed by atoms with Crippen molar-refractivity contribution in [2.24, 2.45) is 46.3 Å². The SMILES string of the molecule is C#CCC[C@@]1(C)C(=O)CCC2C3C[C@@H]4O[C@]5(CCC(C)CO5)[C@@H](C)C4[C@@]3(C)CCC21. The Bertz CT molecular complexity index is 744. The van der Waals surface area contributed by atoms with Gasteiger partial charge in [-0.15, -0.1) is 12.3 Å². The van der Waals surface area contributed by atoms with Crippen molar-refractivity contribution < 1.29 is 14.3 Å². The third kappa shape index (κ3) is 2.75. The second-order valence-electron chi connectivity index (χ2n) is 12.0. The average molecular weight is 413 g/mol. The monoisotopic (exact) mass is 412 g/mol. The quantitative estimate of drug-likeness (QED) is 0.553. The Kier molecular flexibility index (Phi) is 4.96. The van der Waals surface area contributed by atoms with Crippen molar-refractivity contribution in [2.75, 3.05) is 6.61 Å². The second-order valence-corrected chi connectivity index (χ2v) is 12.0. The number of carbonyl (C=O) groups excluding carboxylic acids is 1. The van der Waals surface area contributed by atoms with Gasteiger partial charge < -0.3 is 9.47 Å². The largest absolute Gasteiger partial charge is 0.349 e. The average Bonchev–Trinajstić information content (AvgIpc) is 3.16. The summed E-state index contributed by atoms with van der Waals surface area (Å²) in [5, 5.41) is 0. The summed E-state index contributed by atoms with van der Waals surface area (Å²) in [5.74, 6) is 6.44. The highest BCUT2D eigenvalue weighted by Crippen LogP contribution is 2.69. The predicted octanol–water partition coefficient (Wildman–Crippen LogP) is 5.62. The maximum Gasteiger partial charge on any atom is 0.171 e. The molecule has 2 saturated heterocycles. The van der Waals surface area contributed by atoms with Gasteiger partial charge in [-0.2, -0.15) is 0 Å². The molecule has 3 heteroatoms. The van der Waals surface area contributed by atoms with Crippen LogP contribution in [0.2, 0.25) is 0 Å². The van der Waals surface area contributed by atoms with Crippen molar-refractivity contribution in [1.29, 1.82) is 0 Å². The Hall–Kier alpha value is -0.850. The molecule has 0 aromatic carbocycles. The fourth-order valence-electron chi connectivity index (χ4n) is 8.95. The van der Waals surface area contributed by atoms with Gasteiger partial charge in [0.15, 0.2) is 5.79 Å². The molecule has 3 aliphatic carbocycles. The molecule has 5 fully saturated rings. The molecule has 2 heterocycles. The van der Waals surface area contributed by atoms with Crippen LogP contribution in [-0.4, -0.2) is 24.3 Å². The number of terminal acetylenes is 1. The number of Topliss-reactive ketones (excluding diaryl/α,β-unsaturated/α-hetero) is 1. The highest BCUT2D eigenvalue weighted by molar-refractivity contribution is 5.85. The molecule has 5 unspecified atom stereocenters. The lowest BCUT2D eigenvalue weighted by atomic mass is 9.47. The first-order valence-electron chi connectivity index (χ1n) is 12.5. The van der Waals surface area contributed by atoms with Gasteiger partial charge in [0.2, 0.25) is 0 Å². The summed E-state index contributed by atoms with van der Waals surface area (Å²) in [4.78, 5) is 13.0. The van der Waals surface area contributed by atoms with E-state index in [1.165, 1.54) is 19.3 Å². The molecule has 0 radical (unpaired) electrons. The van der Waals surface area contributed by atoms with Gasteiger partial charge in [-0.25, -0.2) is 0 Å². The lowest BCUT2D eigenvalue weighted by molar-refractivity contribution is -0.272. The zero-order valence-corrected chi connectivity index (χ0v) is 19.4. The van der Waals surface area contributed by atoms with E-state index in [-0.39, 0.29) is 11.2 Å². The fourth-order valence-corrected chi connectivity index (χ4v) is 8.95. The van der Waals surface area contributed by atoms with Gasteiger partial charge in [-0.1, -0.05) is 27.7 Å². The number of fused-ring (bicyclic) bond motifs is 5. The van der Waals surface area contributed by atoms with Crippen molar-refractivity contribution in [1.82, 2.24) is 0 Å². The van der Waals surface area contributed by atoms with E-state index in [4.69, 9.17) is 15.9 Å². The molecule has 166 valence electrons. The fraction of sp³-hybridized carbons (Fsp3) is 0.889. The molecule has 5 rings (SSSR count). The molecule has 5 aliphatic rings. The van der Waals surface area contributed by atoms with E-state index >= 15 is 0 Å². The molecule has 0 bridgehead atoms. The van der Waals surface area contributed by atoms with Gasteiger partial charge in [-0.05, 0) is 73.5 Å². The number of hydrogen-bond donors (Lipinski definition) is 0. The molecule has 2 aliphatic heterocycles. The molecule has 3 nitrogen and oxygen atoms in total. The van der Waals surface area contributed by atoms with Gasteiger partial charge in [0.1, 0.15) is 5.78 Å². The van der Waals surface area contributed by atoms with Crippen molar-refractivity contribution in [3.8, 4) is 12.3 Å². The first-order chi connectivity index (χ1) is 14.2. The van der Waals surface area contributed by atoms with Crippen LogP contribution in [0.15, 0.2) is 0 Å². The van der Waals surface area contributed by atoms with Crippen LogP contribution in [0, 0.1) is 58.7 Å². The highest BCUT2D eigenvalue weighted by atomic mass is 16.7. The number of ether oxygens (including phenoxy) is 2. The van der Waals surface area contributed by atoms with Crippen LogP contribution in [0.4, 0.5) is 0 Å². The van der Waals surface area contributed by atoms with E-state index in [2.05, 4.69) is 33.6 Å². The van der Waals surface area contributed by atoms with E-state index < -0.39 is 0 Å². The van der Waals surface area contributed by atoms with Crippen LogP contribution in [-0.2, 0) is 14.3 Å². The first kappa shape index (κ1) is 21.0. The van der Waals surface area contributed by atoms with E-state index in [1.54, 1.807) is 0 Å². The van der Waals surface area contributed by atoms with Gasteiger partial charge in [0.05, 0.1) is 12.7 Å². The summed E-state index contributed by atoms with van der Waals surface area (Å²) in [7, 11) is 0. The van der Waals surface area contributed by atoms with Gasteiger partial charge in [0, 0.05) is 30.6 Å². The Morgan fingerprint density at radius 1 is 1.13 bits per heavy atom. The predicted molar refractivity (Wildman–Crippen MR) is 117 cm³/mol. The van der Waals surface area contributed by atoms with Gasteiger partial charge in [0.25, 0.3) is 0 Å². The minimum atomic E-state index is -0.337. The number of rotatable bonds is 2. The smallest absolute Gasteiger partial charge is 0.171 e. The first-order valence-corrected chi connectivity index (χ1v) is 12.5. The molecule has 0 N–H and O–H groups in total. The summed E-state index contributed by atoms with van der Waals surface area (Å²) in [5.41, 5.74) is 0.0964. The highest BCUT2D eigenvalue weighted by Gasteiger charge is 2.68. The lowest BCUT2D eigenvalue weighted by Gasteiger charge is -2.56. The molecule has 10 atom stereocenters. The number of ketones is 1. The second kappa shape index (κ2) is 7.08. The van der Waals surface area contributed by atoms with Crippen LogP contribution in [0.3, 0.4) is 0 Å². The van der Waals surface area contributed by atoms with Crippen molar-refractivity contribution in [3.05, 3.63) is 0 Å². The van der Waals surface area contributed by atoms with Crippen LogP contribution in [0.25, 0.3) is 0 Å². The molecular formula is C27H40O3.